The van der Waals surface area contributed by atoms with Crippen molar-refractivity contribution in [1.82, 2.24) is 4.57 Å². The molecule has 0 atom stereocenters. The van der Waals surface area contributed by atoms with Gasteiger partial charge in [0.1, 0.15) is 12.1 Å². The normalized spacial score (nSPS) is 10.1. The molecule has 0 saturated carbocycles. The minimum absolute atomic E-state index is 0.238. The first kappa shape index (κ1) is 9.21. The molecule has 0 bridgehead atoms. The van der Waals surface area contributed by atoms with Crippen LogP contribution in [0.4, 0.5) is 0 Å². The largest absolute Gasteiger partial charge is 0.423 e. The van der Waals surface area contributed by atoms with Crippen LogP contribution in [0, 0.1) is 11.3 Å². The molecular formula is C10H6N2O3. The zero-order chi connectivity index (χ0) is 10.8. The number of hydrogen-bond donors (Lipinski definition) is 0. The van der Waals surface area contributed by atoms with Gasteiger partial charge in [-0.15, -0.1) is 0 Å². The molecule has 2 rings (SSSR count). The van der Waals surface area contributed by atoms with E-state index in [1.165, 1.54) is 6.07 Å². The highest BCUT2D eigenvalue weighted by atomic mass is 16.4. The highest BCUT2D eigenvalue weighted by Gasteiger charge is 2.07. The molecule has 0 radical (unpaired) electrons. The Balaban J connectivity index is 2.92. The Bertz CT molecular complexity index is 661. The summed E-state index contributed by atoms with van der Waals surface area (Å²) >= 11 is 0. The first-order valence-corrected chi connectivity index (χ1v) is 4.23. The summed E-state index contributed by atoms with van der Waals surface area (Å²) in [6.45, 7) is -0.300. The summed E-state index contributed by atoms with van der Waals surface area (Å²) in [7, 11) is 0. The quantitative estimate of drug-likeness (QED) is 0.673. The van der Waals surface area contributed by atoms with Crippen LogP contribution in [0.2, 0.25) is 0 Å². The van der Waals surface area contributed by atoms with Crippen molar-refractivity contribution in [3.05, 3.63) is 45.2 Å². The summed E-state index contributed by atoms with van der Waals surface area (Å²) in [5.74, 6) is -0.805. The van der Waals surface area contributed by atoms with E-state index in [0.717, 1.165) is 4.57 Å². The van der Waals surface area contributed by atoms with Crippen molar-refractivity contribution >= 4 is 11.0 Å². The Labute approximate surface area is 83.8 Å². The molecule has 0 aliphatic heterocycles. The maximum absolute atomic E-state index is 11.7. The highest BCUT2D eigenvalue weighted by Crippen LogP contribution is 2.05. The van der Waals surface area contributed by atoms with E-state index in [1.54, 1.807) is 24.3 Å². The molecule has 15 heavy (non-hydrogen) atoms. The van der Waals surface area contributed by atoms with Crippen LogP contribution in [0.3, 0.4) is 0 Å². The summed E-state index contributed by atoms with van der Waals surface area (Å²) in [5, 5.41) is 8.75. The average molecular weight is 202 g/mol. The second-order valence-corrected chi connectivity index (χ2v) is 2.91. The van der Waals surface area contributed by atoms with E-state index in [2.05, 4.69) is 0 Å². The molecule has 1 aromatic carbocycles. The molecule has 1 aromatic heterocycles. The van der Waals surface area contributed by atoms with Crippen molar-refractivity contribution in [2.24, 2.45) is 0 Å². The maximum atomic E-state index is 11.7. The third kappa shape index (κ3) is 1.42. The molecule has 0 N–H and O–H groups in total. The topological polar surface area (TPSA) is 76.0 Å². The summed E-state index contributed by atoms with van der Waals surface area (Å²) < 4.78 is 5.65. The Hall–Kier alpha value is -2.35. The van der Waals surface area contributed by atoms with Crippen molar-refractivity contribution in [2.75, 3.05) is 0 Å². The molecule has 2 aromatic rings. The van der Waals surface area contributed by atoms with Gasteiger partial charge in [-0.2, -0.15) is 5.26 Å². The highest BCUT2D eigenvalue weighted by molar-refractivity contribution is 5.74. The van der Waals surface area contributed by atoms with Crippen molar-refractivity contribution in [3.63, 3.8) is 0 Å². The Morgan fingerprint density at radius 3 is 2.80 bits per heavy atom. The summed E-state index contributed by atoms with van der Waals surface area (Å²) in [6.07, 6.45) is 0. The van der Waals surface area contributed by atoms with Gasteiger partial charge in [-0.25, -0.2) is 9.36 Å². The van der Waals surface area contributed by atoms with Crippen molar-refractivity contribution in [2.45, 2.75) is 6.54 Å². The lowest BCUT2D eigenvalue weighted by atomic mass is 10.2. The number of nitrogens with zero attached hydrogens (tertiary/aromatic N) is 2. The summed E-state index contributed by atoms with van der Waals surface area (Å²) in [4.78, 5) is 23.0. The minimum Gasteiger partial charge on any atom is -0.409 e. The SMILES string of the molecule is N#CCn1c(=O)oc2ccccc2c1=O. The van der Waals surface area contributed by atoms with Crippen molar-refractivity contribution in [1.29, 1.82) is 5.26 Å². The molecule has 0 unspecified atom stereocenters. The van der Waals surface area contributed by atoms with Crippen LogP contribution in [-0.4, -0.2) is 4.57 Å². The Morgan fingerprint density at radius 1 is 1.33 bits per heavy atom. The number of rotatable bonds is 1. The monoisotopic (exact) mass is 202 g/mol. The van der Waals surface area contributed by atoms with Gasteiger partial charge in [0.15, 0.2) is 0 Å². The lowest BCUT2D eigenvalue weighted by Gasteiger charge is -1.99. The number of fused-ring (bicyclic) bond motifs is 1. The van der Waals surface area contributed by atoms with E-state index >= 15 is 0 Å². The van der Waals surface area contributed by atoms with Crippen LogP contribution < -0.4 is 11.3 Å². The summed E-state index contributed by atoms with van der Waals surface area (Å²) in [6, 6.07) is 8.15. The van der Waals surface area contributed by atoms with Crippen LogP contribution in [0.25, 0.3) is 11.0 Å². The molecule has 0 amide bonds. The fourth-order valence-corrected chi connectivity index (χ4v) is 1.32. The van der Waals surface area contributed by atoms with Crippen LogP contribution in [-0.2, 0) is 6.54 Å². The molecule has 0 saturated heterocycles. The fraction of sp³-hybridized carbons (Fsp3) is 0.100. The van der Waals surface area contributed by atoms with Crippen LogP contribution in [0.5, 0.6) is 0 Å². The van der Waals surface area contributed by atoms with Gasteiger partial charge in [0.25, 0.3) is 5.56 Å². The Morgan fingerprint density at radius 2 is 2.07 bits per heavy atom. The van der Waals surface area contributed by atoms with E-state index < -0.39 is 11.3 Å². The second-order valence-electron chi connectivity index (χ2n) is 2.91. The Kier molecular flexibility index (Phi) is 2.10. The molecule has 5 nitrogen and oxygen atoms in total. The number of para-hydroxylation sites is 1. The zero-order valence-corrected chi connectivity index (χ0v) is 7.64. The minimum atomic E-state index is -0.805. The molecule has 0 aliphatic carbocycles. The lowest BCUT2D eigenvalue weighted by molar-refractivity contribution is 0.475. The van der Waals surface area contributed by atoms with Crippen molar-refractivity contribution < 1.29 is 4.42 Å². The number of hydrogen-bond acceptors (Lipinski definition) is 4. The molecule has 0 spiro atoms. The van der Waals surface area contributed by atoms with Gasteiger partial charge in [0.2, 0.25) is 0 Å². The third-order valence-corrected chi connectivity index (χ3v) is 2.01. The van der Waals surface area contributed by atoms with Crippen molar-refractivity contribution in [3.8, 4) is 6.07 Å². The standard InChI is InChI=1S/C10H6N2O3/c11-5-6-12-9(13)7-3-1-2-4-8(7)15-10(12)14/h1-4H,6H2. The fourth-order valence-electron chi connectivity index (χ4n) is 1.32. The van der Waals surface area contributed by atoms with Gasteiger partial charge >= 0.3 is 5.76 Å². The average Bonchev–Trinajstić information content (AvgIpc) is 2.24. The van der Waals surface area contributed by atoms with Crippen LogP contribution >= 0.6 is 0 Å². The lowest BCUT2D eigenvalue weighted by Crippen LogP contribution is -2.32. The van der Waals surface area contributed by atoms with Gasteiger partial charge in [-0.3, -0.25) is 4.79 Å². The van der Waals surface area contributed by atoms with E-state index in [9.17, 15) is 9.59 Å². The van der Waals surface area contributed by atoms with Gasteiger partial charge in [0, 0.05) is 0 Å². The molecular weight excluding hydrogens is 196 g/mol. The van der Waals surface area contributed by atoms with Gasteiger partial charge in [-0.1, -0.05) is 12.1 Å². The van der Waals surface area contributed by atoms with E-state index in [-0.39, 0.29) is 12.1 Å². The van der Waals surface area contributed by atoms with Gasteiger partial charge in [0.05, 0.1) is 11.5 Å². The van der Waals surface area contributed by atoms with E-state index in [1.807, 2.05) is 0 Å². The molecule has 0 fully saturated rings. The number of aromatic nitrogens is 1. The van der Waals surface area contributed by atoms with Gasteiger partial charge in [-0.05, 0) is 12.1 Å². The number of nitriles is 1. The third-order valence-electron chi connectivity index (χ3n) is 2.01. The number of benzene rings is 1. The molecule has 5 heteroatoms. The van der Waals surface area contributed by atoms with E-state index in [4.69, 9.17) is 9.68 Å². The van der Waals surface area contributed by atoms with E-state index in [0.29, 0.717) is 5.39 Å². The van der Waals surface area contributed by atoms with Crippen LogP contribution in [0.15, 0.2) is 38.3 Å². The molecule has 74 valence electrons. The molecule has 0 aliphatic rings. The maximum Gasteiger partial charge on any atom is 0.423 e. The second kappa shape index (κ2) is 3.42. The predicted octanol–water partition coefficient (Wildman–Crippen LogP) is 0.478. The first-order valence-electron chi connectivity index (χ1n) is 4.23. The van der Waals surface area contributed by atoms with Crippen LogP contribution in [0.1, 0.15) is 0 Å². The van der Waals surface area contributed by atoms with Gasteiger partial charge < -0.3 is 4.42 Å². The summed E-state index contributed by atoms with van der Waals surface area (Å²) in [5.41, 5.74) is -0.259. The predicted molar refractivity (Wildman–Crippen MR) is 52.4 cm³/mol. The first-order chi connectivity index (χ1) is 7.24. The smallest absolute Gasteiger partial charge is 0.409 e. The zero-order valence-electron chi connectivity index (χ0n) is 7.64. The molecule has 1 heterocycles.